The van der Waals surface area contributed by atoms with Crippen molar-refractivity contribution >= 4 is 22.4 Å². The summed E-state index contributed by atoms with van der Waals surface area (Å²) >= 11 is 0. The van der Waals surface area contributed by atoms with E-state index in [0.29, 0.717) is 28.2 Å². The average molecular weight is 303 g/mol. The van der Waals surface area contributed by atoms with Crippen LogP contribution < -0.4 is 0 Å². The van der Waals surface area contributed by atoms with Gasteiger partial charge in [-0.3, -0.25) is 0 Å². The number of aromatic hydroxyl groups is 1. The zero-order valence-electron chi connectivity index (χ0n) is 12.1. The summed E-state index contributed by atoms with van der Waals surface area (Å²) < 4.78 is 11.3. The molecular weight excluding hydrogens is 290 g/mol. The molecule has 2 aromatic carbocycles. The van der Waals surface area contributed by atoms with E-state index in [4.69, 9.17) is 8.83 Å². The Hall–Kier alpha value is -3.27. The molecule has 23 heavy (non-hydrogen) atoms. The summed E-state index contributed by atoms with van der Waals surface area (Å²) in [4.78, 5) is 4.60. The van der Waals surface area contributed by atoms with Crippen LogP contribution in [0.25, 0.3) is 11.0 Å². The standard InChI is InChI=1S/C19H13NO3/c21-18-14-9-4-5-10-15(14)23-19(18)17(16-11-6-12-22-16)20-13-7-2-1-3-8-13/h1-12,21H. The number of benzene rings is 2. The third kappa shape index (κ3) is 2.40. The third-order valence-electron chi connectivity index (χ3n) is 3.54. The Labute approximate surface area is 132 Å². The third-order valence-corrected chi connectivity index (χ3v) is 3.54. The lowest BCUT2D eigenvalue weighted by molar-refractivity contribution is 0.459. The van der Waals surface area contributed by atoms with Crippen molar-refractivity contribution in [2.24, 2.45) is 4.99 Å². The van der Waals surface area contributed by atoms with E-state index in [2.05, 4.69) is 4.99 Å². The second-order valence-electron chi connectivity index (χ2n) is 5.05. The van der Waals surface area contributed by atoms with Gasteiger partial charge in [-0.15, -0.1) is 0 Å². The number of rotatable bonds is 3. The number of nitrogens with zero attached hydrogens (tertiary/aromatic N) is 1. The highest BCUT2D eigenvalue weighted by atomic mass is 16.4. The van der Waals surface area contributed by atoms with Crippen LogP contribution in [0.4, 0.5) is 5.69 Å². The van der Waals surface area contributed by atoms with Crippen LogP contribution in [0, 0.1) is 0 Å². The lowest BCUT2D eigenvalue weighted by Crippen LogP contribution is -2.00. The Morgan fingerprint density at radius 2 is 1.65 bits per heavy atom. The summed E-state index contributed by atoms with van der Waals surface area (Å²) in [6.45, 7) is 0. The molecule has 0 saturated heterocycles. The molecule has 4 nitrogen and oxygen atoms in total. The van der Waals surface area contributed by atoms with Crippen molar-refractivity contribution in [2.45, 2.75) is 0 Å². The van der Waals surface area contributed by atoms with E-state index in [-0.39, 0.29) is 5.75 Å². The van der Waals surface area contributed by atoms with E-state index in [1.165, 1.54) is 0 Å². The molecule has 0 saturated carbocycles. The van der Waals surface area contributed by atoms with E-state index in [0.717, 1.165) is 5.69 Å². The zero-order chi connectivity index (χ0) is 15.6. The lowest BCUT2D eigenvalue weighted by Gasteiger charge is -2.02. The van der Waals surface area contributed by atoms with E-state index in [9.17, 15) is 5.11 Å². The lowest BCUT2D eigenvalue weighted by atomic mass is 10.1. The number of aliphatic imine (C=N–C) groups is 1. The Balaban J connectivity index is 1.95. The maximum Gasteiger partial charge on any atom is 0.199 e. The number of hydrogen-bond acceptors (Lipinski definition) is 4. The van der Waals surface area contributed by atoms with Gasteiger partial charge in [-0.25, -0.2) is 4.99 Å². The second kappa shape index (κ2) is 5.50. The predicted molar refractivity (Wildman–Crippen MR) is 88.3 cm³/mol. The minimum atomic E-state index is 0.0617. The van der Waals surface area contributed by atoms with Crippen LogP contribution in [0.15, 0.2) is 86.8 Å². The topological polar surface area (TPSA) is 58.9 Å². The first-order valence-corrected chi connectivity index (χ1v) is 7.21. The maximum atomic E-state index is 10.5. The fourth-order valence-corrected chi connectivity index (χ4v) is 2.46. The molecule has 0 bridgehead atoms. The van der Waals surface area contributed by atoms with E-state index >= 15 is 0 Å². The summed E-state index contributed by atoms with van der Waals surface area (Å²) in [6, 6.07) is 20.4. The Bertz CT molecular complexity index is 966. The average Bonchev–Trinajstić information content (AvgIpc) is 3.23. The van der Waals surface area contributed by atoms with Gasteiger partial charge in [0.15, 0.2) is 23.0 Å². The molecule has 0 atom stereocenters. The molecule has 4 rings (SSSR count). The van der Waals surface area contributed by atoms with Crippen LogP contribution in [0.1, 0.15) is 11.5 Å². The summed E-state index contributed by atoms with van der Waals surface area (Å²) in [5.41, 5.74) is 1.81. The van der Waals surface area contributed by atoms with Crippen molar-refractivity contribution in [3.05, 3.63) is 84.5 Å². The minimum absolute atomic E-state index is 0.0617. The van der Waals surface area contributed by atoms with Crippen molar-refractivity contribution in [1.29, 1.82) is 0 Å². The van der Waals surface area contributed by atoms with Crippen LogP contribution in [0.3, 0.4) is 0 Å². The van der Waals surface area contributed by atoms with Gasteiger partial charge in [-0.2, -0.15) is 0 Å². The summed E-state index contributed by atoms with van der Waals surface area (Å²) in [6.07, 6.45) is 1.57. The van der Waals surface area contributed by atoms with Crippen molar-refractivity contribution in [3.8, 4) is 5.75 Å². The normalized spacial score (nSPS) is 11.9. The molecule has 0 aliphatic carbocycles. The number of furan rings is 2. The van der Waals surface area contributed by atoms with Crippen LogP contribution in [0.5, 0.6) is 5.75 Å². The van der Waals surface area contributed by atoms with Gasteiger partial charge in [0.05, 0.1) is 17.3 Å². The number of para-hydroxylation sites is 2. The summed E-state index contributed by atoms with van der Waals surface area (Å²) in [5, 5.41) is 11.2. The number of hydrogen-bond donors (Lipinski definition) is 1. The quantitative estimate of drug-likeness (QED) is 0.548. The Kier molecular flexibility index (Phi) is 3.20. The van der Waals surface area contributed by atoms with E-state index < -0.39 is 0 Å². The molecule has 1 N–H and O–H groups in total. The molecule has 2 heterocycles. The fraction of sp³-hybridized carbons (Fsp3) is 0. The van der Waals surface area contributed by atoms with Crippen molar-refractivity contribution in [2.75, 3.05) is 0 Å². The van der Waals surface area contributed by atoms with E-state index in [1.54, 1.807) is 30.5 Å². The molecule has 0 aliphatic rings. The summed E-state index contributed by atoms with van der Waals surface area (Å²) in [7, 11) is 0. The first-order chi connectivity index (χ1) is 11.3. The van der Waals surface area contributed by atoms with Crippen LogP contribution in [-0.2, 0) is 0 Å². The Morgan fingerprint density at radius 3 is 2.39 bits per heavy atom. The molecular formula is C19H13NO3. The summed E-state index contributed by atoms with van der Waals surface area (Å²) in [5.74, 6) is 0.889. The van der Waals surface area contributed by atoms with Crippen molar-refractivity contribution in [1.82, 2.24) is 0 Å². The van der Waals surface area contributed by atoms with Crippen LogP contribution in [0.2, 0.25) is 0 Å². The fourth-order valence-electron chi connectivity index (χ4n) is 2.46. The molecule has 0 radical (unpaired) electrons. The SMILES string of the molecule is Oc1c(C(=Nc2ccccc2)c2ccco2)oc2ccccc12. The van der Waals surface area contributed by atoms with Gasteiger partial charge in [-0.05, 0) is 36.4 Å². The molecule has 0 amide bonds. The first-order valence-electron chi connectivity index (χ1n) is 7.21. The number of fused-ring (bicyclic) bond motifs is 1. The molecule has 0 unspecified atom stereocenters. The van der Waals surface area contributed by atoms with Gasteiger partial charge in [0.25, 0.3) is 0 Å². The van der Waals surface area contributed by atoms with Crippen molar-refractivity contribution < 1.29 is 13.9 Å². The Morgan fingerprint density at radius 1 is 0.870 bits per heavy atom. The molecule has 0 fully saturated rings. The predicted octanol–water partition coefficient (Wildman–Crippen LogP) is 4.90. The van der Waals surface area contributed by atoms with Gasteiger partial charge in [-0.1, -0.05) is 30.3 Å². The minimum Gasteiger partial charge on any atom is -0.504 e. The van der Waals surface area contributed by atoms with Gasteiger partial charge in [0.2, 0.25) is 0 Å². The first kappa shape index (κ1) is 13.4. The van der Waals surface area contributed by atoms with E-state index in [1.807, 2.05) is 42.5 Å². The van der Waals surface area contributed by atoms with Gasteiger partial charge < -0.3 is 13.9 Å². The van der Waals surface area contributed by atoms with Gasteiger partial charge in [0, 0.05) is 0 Å². The highest BCUT2D eigenvalue weighted by Crippen LogP contribution is 2.34. The largest absolute Gasteiger partial charge is 0.504 e. The maximum absolute atomic E-state index is 10.5. The molecule has 0 spiro atoms. The molecule has 0 aliphatic heterocycles. The molecule has 112 valence electrons. The molecule has 2 aromatic heterocycles. The van der Waals surface area contributed by atoms with Crippen LogP contribution >= 0.6 is 0 Å². The molecule has 4 aromatic rings. The highest BCUT2D eigenvalue weighted by Gasteiger charge is 2.21. The van der Waals surface area contributed by atoms with Crippen LogP contribution in [-0.4, -0.2) is 10.8 Å². The zero-order valence-corrected chi connectivity index (χ0v) is 12.1. The van der Waals surface area contributed by atoms with Gasteiger partial charge in [0.1, 0.15) is 5.58 Å². The monoisotopic (exact) mass is 303 g/mol. The van der Waals surface area contributed by atoms with Crippen molar-refractivity contribution in [3.63, 3.8) is 0 Å². The second-order valence-corrected chi connectivity index (χ2v) is 5.05. The smallest absolute Gasteiger partial charge is 0.199 e. The molecule has 4 heteroatoms. The highest BCUT2D eigenvalue weighted by molar-refractivity contribution is 6.14. The van der Waals surface area contributed by atoms with Gasteiger partial charge >= 0.3 is 0 Å².